The summed E-state index contributed by atoms with van der Waals surface area (Å²) in [6.07, 6.45) is 0. The summed E-state index contributed by atoms with van der Waals surface area (Å²) < 4.78 is 22.7. The van der Waals surface area contributed by atoms with E-state index in [1.807, 2.05) is 0 Å². The molecule has 6 nitrogen and oxygen atoms in total. The lowest BCUT2D eigenvalue weighted by Gasteiger charge is -2.33. The molecule has 0 aromatic heterocycles. The van der Waals surface area contributed by atoms with Crippen LogP contribution in [0.25, 0.3) is 0 Å². The van der Waals surface area contributed by atoms with Crippen LogP contribution in [0.5, 0.6) is 0 Å². The molecular formula is C9H18N2O4S. The van der Waals surface area contributed by atoms with Crippen molar-refractivity contribution in [3.05, 3.63) is 0 Å². The summed E-state index contributed by atoms with van der Waals surface area (Å²) in [6, 6.07) is -0.610. The predicted molar refractivity (Wildman–Crippen MR) is 60.2 cm³/mol. The van der Waals surface area contributed by atoms with E-state index in [0.717, 1.165) is 0 Å². The van der Waals surface area contributed by atoms with E-state index in [1.165, 1.54) is 0 Å². The third-order valence-electron chi connectivity index (χ3n) is 2.77. The van der Waals surface area contributed by atoms with E-state index < -0.39 is 21.8 Å². The second-order valence-electron chi connectivity index (χ2n) is 3.83. The quantitative estimate of drug-likeness (QED) is 0.636. The highest BCUT2D eigenvalue weighted by Crippen LogP contribution is 2.04. The lowest BCUT2D eigenvalue weighted by atomic mass is 10.2. The predicted octanol–water partition coefficient (Wildman–Crippen LogP) is -1.22. The van der Waals surface area contributed by atoms with Gasteiger partial charge in [0, 0.05) is 31.9 Å². The van der Waals surface area contributed by atoms with Crippen LogP contribution in [0.2, 0.25) is 0 Å². The van der Waals surface area contributed by atoms with Gasteiger partial charge in [-0.1, -0.05) is 6.92 Å². The van der Waals surface area contributed by atoms with Crippen LogP contribution in [0.4, 0.5) is 0 Å². The Morgan fingerprint density at radius 2 is 2.25 bits per heavy atom. The maximum absolute atomic E-state index is 11.3. The van der Waals surface area contributed by atoms with Crippen LogP contribution in [0.1, 0.15) is 6.92 Å². The van der Waals surface area contributed by atoms with Gasteiger partial charge in [0.2, 0.25) is 0 Å². The molecular weight excluding hydrogens is 232 g/mol. The largest absolute Gasteiger partial charge is 0.480 e. The van der Waals surface area contributed by atoms with Crippen LogP contribution in [-0.4, -0.2) is 68.1 Å². The van der Waals surface area contributed by atoms with Gasteiger partial charge in [0.05, 0.1) is 5.75 Å². The van der Waals surface area contributed by atoms with Crippen molar-refractivity contribution in [2.75, 3.05) is 37.7 Å². The maximum atomic E-state index is 11.3. The van der Waals surface area contributed by atoms with Crippen molar-refractivity contribution in [3.8, 4) is 0 Å². The zero-order valence-electron chi connectivity index (χ0n) is 9.35. The van der Waals surface area contributed by atoms with Crippen LogP contribution in [0.15, 0.2) is 0 Å². The van der Waals surface area contributed by atoms with E-state index in [-0.39, 0.29) is 11.5 Å². The molecule has 0 amide bonds. The van der Waals surface area contributed by atoms with Crippen molar-refractivity contribution in [2.45, 2.75) is 13.0 Å². The van der Waals surface area contributed by atoms with Gasteiger partial charge in [-0.3, -0.25) is 9.69 Å². The lowest BCUT2D eigenvalue weighted by molar-refractivity contribution is -0.143. The first-order chi connectivity index (χ1) is 7.46. The number of aliphatic carboxylic acids is 1. The maximum Gasteiger partial charge on any atom is 0.322 e. The Labute approximate surface area is 95.5 Å². The first kappa shape index (κ1) is 13.4. The molecule has 1 aliphatic rings. The van der Waals surface area contributed by atoms with Crippen molar-refractivity contribution < 1.29 is 18.3 Å². The molecule has 1 aliphatic heterocycles. The van der Waals surface area contributed by atoms with Crippen molar-refractivity contribution in [2.24, 2.45) is 0 Å². The Bertz CT molecular complexity index is 341. The lowest BCUT2D eigenvalue weighted by Crippen LogP contribution is -2.55. The number of rotatable bonds is 5. The van der Waals surface area contributed by atoms with Gasteiger partial charge < -0.3 is 10.4 Å². The topological polar surface area (TPSA) is 86.7 Å². The Balaban J connectivity index is 2.54. The van der Waals surface area contributed by atoms with Crippen LogP contribution in [-0.2, 0) is 14.6 Å². The zero-order chi connectivity index (χ0) is 12.2. The molecule has 0 aliphatic carbocycles. The number of nitrogens with zero attached hydrogens (tertiary/aromatic N) is 1. The summed E-state index contributed by atoms with van der Waals surface area (Å²) in [4.78, 5) is 12.6. The number of carboxylic acids is 1. The fourth-order valence-electron chi connectivity index (χ4n) is 1.66. The number of hydrogen-bond acceptors (Lipinski definition) is 5. The highest BCUT2D eigenvalue weighted by Gasteiger charge is 2.28. The number of carboxylic acid groups (broad SMARTS) is 1. The molecule has 1 saturated heterocycles. The summed E-state index contributed by atoms with van der Waals surface area (Å²) in [7, 11) is -3.02. The Hall–Kier alpha value is -0.660. The summed E-state index contributed by atoms with van der Waals surface area (Å²) >= 11 is 0. The smallest absolute Gasteiger partial charge is 0.322 e. The monoisotopic (exact) mass is 250 g/mol. The molecule has 0 spiro atoms. The highest BCUT2D eigenvalue weighted by molar-refractivity contribution is 7.91. The van der Waals surface area contributed by atoms with E-state index in [2.05, 4.69) is 5.32 Å². The van der Waals surface area contributed by atoms with Gasteiger partial charge in [-0.15, -0.1) is 0 Å². The summed E-state index contributed by atoms with van der Waals surface area (Å²) in [5.74, 6) is -0.759. The minimum Gasteiger partial charge on any atom is -0.480 e. The molecule has 0 aromatic rings. The number of nitrogens with one attached hydrogen (secondary N) is 1. The molecule has 1 fully saturated rings. The van der Waals surface area contributed by atoms with Crippen molar-refractivity contribution in [1.29, 1.82) is 0 Å². The van der Waals surface area contributed by atoms with Gasteiger partial charge in [-0.05, 0) is 0 Å². The van der Waals surface area contributed by atoms with Crippen LogP contribution in [0.3, 0.4) is 0 Å². The summed E-state index contributed by atoms with van der Waals surface area (Å²) in [5.41, 5.74) is 0. The highest BCUT2D eigenvalue weighted by atomic mass is 32.2. The van der Waals surface area contributed by atoms with Crippen molar-refractivity contribution >= 4 is 15.8 Å². The van der Waals surface area contributed by atoms with Gasteiger partial charge in [-0.2, -0.15) is 0 Å². The summed E-state index contributed by atoms with van der Waals surface area (Å²) in [5, 5.41) is 11.9. The molecule has 0 bridgehead atoms. The SMILES string of the molecule is CCS(=O)(=O)CCN1CCNCC1C(=O)O. The molecule has 0 radical (unpaired) electrons. The Morgan fingerprint density at radius 1 is 1.56 bits per heavy atom. The third kappa shape index (κ3) is 3.73. The van der Waals surface area contributed by atoms with Crippen molar-refractivity contribution in [1.82, 2.24) is 10.2 Å². The Morgan fingerprint density at radius 3 is 2.81 bits per heavy atom. The van der Waals surface area contributed by atoms with E-state index in [0.29, 0.717) is 26.2 Å². The molecule has 0 saturated carbocycles. The third-order valence-corrected chi connectivity index (χ3v) is 4.45. The van der Waals surface area contributed by atoms with Crippen LogP contribution < -0.4 is 5.32 Å². The molecule has 1 unspecified atom stereocenters. The van der Waals surface area contributed by atoms with Gasteiger partial charge in [0.1, 0.15) is 6.04 Å². The summed E-state index contributed by atoms with van der Waals surface area (Å²) in [6.45, 7) is 3.56. The molecule has 1 atom stereocenters. The number of piperazine rings is 1. The molecule has 2 N–H and O–H groups in total. The zero-order valence-corrected chi connectivity index (χ0v) is 10.2. The average molecular weight is 250 g/mol. The number of carbonyl (C=O) groups is 1. The molecule has 94 valence electrons. The molecule has 0 aromatic carbocycles. The average Bonchev–Trinajstić information content (AvgIpc) is 2.27. The van der Waals surface area contributed by atoms with Crippen molar-refractivity contribution in [3.63, 3.8) is 0 Å². The van der Waals surface area contributed by atoms with E-state index in [1.54, 1.807) is 11.8 Å². The van der Waals surface area contributed by atoms with E-state index >= 15 is 0 Å². The molecule has 16 heavy (non-hydrogen) atoms. The molecule has 1 heterocycles. The Kier molecular flexibility index (Phi) is 4.69. The minimum atomic E-state index is -3.02. The minimum absolute atomic E-state index is 0.0350. The van der Waals surface area contributed by atoms with Gasteiger partial charge in [-0.25, -0.2) is 8.42 Å². The second kappa shape index (κ2) is 5.60. The number of hydrogen-bond donors (Lipinski definition) is 2. The van der Waals surface area contributed by atoms with Crippen LogP contribution >= 0.6 is 0 Å². The van der Waals surface area contributed by atoms with Gasteiger partial charge >= 0.3 is 5.97 Å². The van der Waals surface area contributed by atoms with Gasteiger partial charge in [0.15, 0.2) is 9.84 Å². The molecule has 1 rings (SSSR count). The first-order valence-corrected chi connectivity index (χ1v) is 7.16. The first-order valence-electron chi connectivity index (χ1n) is 5.34. The van der Waals surface area contributed by atoms with Gasteiger partial charge in [0.25, 0.3) is 0 Å². The van der Waals surface area contributed by atoms with E-state index in [4.69, 9.17) is 5.11 Å². The second-order valence-corrected chi connectivity index (χ2v) is 6.30. The normalized spacial score (nSPS) is 23.2. The fourth-order valence-corrected chi connectivity index (χ4v) is 2.46. The standard InChI is InChI=1S/C9H18N2O4S/c1-2-16(14,15)6-5-11-4-3-10-7-8(11)9(12)13/h8,10H,2-7H2,1H3,(H,12,13). The number of sulfone groups is 1. The molecule has 7 heteroatoms. The fraction of sp³-hybridized carbons (Fsp3) is 0.889. The van der Waals surface area contributed by atoms with E-state index in [9.17, 15) is 13.2 Å². The van der Waals surface area contributed by atoms with Crippen LogP contribution in [0, 0.1) is 0 Å².